The number of para-hydroxylation sites is 1. The summed E-state index contributed by atoms with van der Waals surface area (Å²) in [5.41, 5.74) is 2.71. The summed E-state index contributed by atoms with van der Waals surface area (Å²) < 4.78 is 5.87. The van der Waals surface area contributed by atoms with Gasteiger partial charge in [-0.2, -0.15) is 0 Å². The summed E-state index contributed by atoms with van der Waals surface area (Å²) >= 11 is 0. The number of amides is 3. The third kappa shape index (κ3) is 6.33. The van der Waals surface area contributed by atoms with Crippen LogP contribution in [0.25, 0.3) is 0 Å². The maximum absolute atomic E-state index is 12.5. The molecule has 1 aliphatic heterocycles. The molecule has 2 aromatic rings. The van der Waals surface area contributed by atoms with Gasteiger partial charge in [-0.25, -0.2) is 0 Å². The molecule has 7 nitrogen and oxygen atoms in total. The van der Waals surface area contributed by atoms with Gasteiger partial charge in [0.25, 0.3) is 5.91 Å². The van der Waals surface area contributed by atoms with Gasteiger partial charge in [-0.1, -0.05) is 36.4 Å². The Morgan fingerprint density at radius 1 is 0.844 bits per heavy atom. The summed E-state index contributed by atoms with van der Waals surface area (Å²) in [7, 11) is 0. The molecule has 0 aliphatic carbocycles. The van der Waals surface area contributed by atoms with Gasteiger partial charge in [0, 0.05) is 38.2 Å². The molecule has 32 heavy (non-hydrogen) atoms. The molecule has 0 spiro atoms. The molecule has 1 N–H and O–H groups in total. The molecule has 0 aromatic heterocycles. The van der Waals surface area contributed by atoms with Gasteiger partial charge in [0.15, 0.2) is 0 Å². The summed E-state index contributed by atoms with van der Waals surface area (Å²) in [6, 6.07) is 14.8. The van der Waals surface area contributed by atoms with Crippen LogP contribution >= 0.6 is 0 Å². The van der Waals surface area contributed by atoms with E-state index in [0.717, 1.165) is 16.9 Å². The highest BCUT2D eigenvalue weighted by Gasteiger charge is 2.24. The van der Waals surface area contributed by atoms with Gasteiger partial charge in [-0.15, -0.1) is 0 Å². The van der Waals surface area contributed by atoms with Crippen molar-refractivity contribution in [2.45, 2.75) is 26.7 Å². The van der Waals surface area contributed by atoms with Crippen molar-refractivity contribution < 1.29 is 19.1 Å². The second kappa shape index (κ2) is 11.3. The lowest BCUT2D eigenvalue weighted by molar-refractivity contribution is -0.139. The fraction of sp³-hybridized carbons (Fsp3) is 0.400. The number of carbonyl (C=O) groups is 3. The molecule has 3 amide bonds. The van der Waals surface area contributed by atoms with E-state index in [9.17, 15) is 14.4 Å². The molecule has 7 heteroatoms. The Balaban J connectivity index is 1.34. The van der Waals surface area contributed by atoms with Crippen LogP contribution in [0.3, 0.4) is 0 Å². The van der Waals surface area contributed by atoms with E-state index in [1.54, 1.807) is 34.1 Å². The van der Waals surface area contributed by atoms with Crippen LogP contribution in [0.1, 0.15) is 34.3 Å². The molecule has 3 rings (SSSR count). The van der Waals surface area contributed by atoms with Crippen LogP contribution in [0.15, 0.2) is 48.5 Å². The second-order valence-corrected chi connectivity index (χ2v) is 7.98. The van der Waals surface area contributed by atoms with Crippen molar-refractivity contribution in [2.75, 3.05) is 39.3 Å². The fourth-order valence-corrected chi connectivity index (χ4v) is 3.75. The second-order valence-electron chi connectivity index (χ2n) is 7.98. The number of rotatable bonds is 8. The van der Waals surface area contributed by atoms with Gasteiger partial charge in [0.2, 0.25) is 11.8 Å². The molecule has 0 saturated carbocycles. The number of benzene rings is 2. The van der Waals surface area contributed by atoms with Gasteiger partial charge in [0.1, 0.15) is 5.75 Å². The summed E-state index contributed by atoms with van der Waals surface area (Å²) in [4.78, 5) is 40.5. The standard InChI is InChI=1S/C25H31N3O4/c1-19-8-6-9-20(2)24(19)32-17-7-12-22(29)27-13-15-28(16-14-27)23(30)18-26-25(31)21-10-4-3-5-11-21/h3-6,8-11H,7,12-18H2,1-2H3,(H,26,31). The Morgan fingerprint density at radius 3 is 2.06 bits per heavy atom. The lowest BCUT2D eigenvalue weighted by Crippen LogP contribution is -2.52. The molecule has 0 atom stereocenters. The molecule has 0 radical (unpaired) electrons. The zero-order chi connectivity index (χ0) is 22.9. The van der Waals surface area contributed by atoms with E-state index >= 15 is 0 Å². The summed E-state index contributed by atoms with van der Waals surface area (Å²) in [5.74, 6) is 0.574. The number of aryl methyl sites for hydroxylation is 2. The minimum atomic E-state index is -0.268. The highest BCUT2D eigenvalue weighted by atomic mass is 16.5. The zero-order valence-electron chi connectivity index (χ0n) is 18.8. The number of hydrogen-bond acceptors (Lipinski definition) is 4. The number of ether oxygens (including phenoxy) is 1. The van der Waals surface area contributed by atoms with Crippen molar-refractivity contribution in [3.8, 4) is 5.75 Å². The molecular formula is C25H31N3O4. The predicted octanol–water partition coefficient (Wildman–Crippen LogP) is 2.56. The topological polar surface area (TPSA) is 79.0 Å². The molecular weight excluding hydrogens is 406 g/mol. The lowest BCUT2D eigenvalue weighted by Gasteiger charge is -2.35. The van der Waals surface area contributed by atoms with Gasteiger partial charge >= 0.3 is 0 Å². The number of hydrogen-bond donors (Lipinski definition) is 1. The monoisotopic (exact) mass is 437 g/mol. The fourth-order valence-electron chi connectivity index (χ4n) is 3.75. The maximum Gasteiger partial charge on any atom is 0.251 e. The highest BCUT2D eigenvalue weighted by Crippen LogP contribution is 2.22. The van der Waals surface area contributed by atoms with Crippen molar-refractivity contribution in [3.63, 3.8) is 0 Å². The summed E-state index contributed by atoms with van der Waals surface area (Å²) in [5, 5.41) is 2.66. The van der Waals surface area contributed by atoms with Gasteiger partial charge in [0.05, 0.1) is 13.2 Å². The largest absolute Gasteiger partial charge is 0.493 e. The molecule has 1 saturated heterocycles. The van der Waals surface area contributed by atoms with Crippen molar-refractivity contribution in [1.82, 2.24) is 15.1 Å². The Hall–Kier alpha value is -3.35. The van der Waals surface area contributed by atoms with Crippen LogP contribution in [0.4, 0.5) is 0 Å². The van der Waals surface area contributed by atoms with Crippen LogP contribution < -0.4 is 10.1 Å². The molecule has 1 aliphatic rings. The Bertz CT molecular complexity index is 917. The lowest BCUT2D eigenvalue weighted by atomic mass is 10.1. The SMILES string of the molecule is Cc1cccc(C)c1OCCCC(=O)N1CCN(C(=O)CNC(=O)c2ccccc2)CC1. The van der Waals surface area contributed by atoms with E-state index in [1.807, 2.05) is 38.1 Å². The first kappa shape index (κ1) is 23.3. The van der Waals surface area contributed by atoms with Crippen molar-refractivity contribution in [1.29, 1.82) is 0 Å². The van der Waals surface area contributed by atoms with Gasteiger partial charge in [-0.05, 0) is 43.5 Å². The van der Waals surface area contributed by atoms with Crippen LogP contribution in [0, 0.1) is 13.8 Å². The van der Waals surface area contributed by atoms with E-state index in [1.165, 1.54) is 0 Å². The number of nitrogens with one attached hydrogen (secondary N) is 1. The molecule has 0 unspecified atom stereocenters. The van der Waals surface area contributed by atoms with Crippen molar-refractivity contribution in [3.05, 3.63) is 65.2 Å². The van der Waals surface area contributed by atoms with Gasteiger partial charge in [-0.3, -0.25) is 14.4 Å². The average molecular weight is 438 g/mol. The first-order chi connectivity index (χ1) is 15.5. The molecule has 170 valence electrons. The van der Waals surface area contributed by atoms with E-state index < -0.39 is 0 Å². The van der Waals surface area contributed by atoms with E-state index in [4.69, 9.17) is 4.74 Å². The van der Waals surface area contributed by atoms with Crippen LogP contribution in [0.2, 0.25) is 0 Å². The summed E-state index contributed by atoms with van der Waals surface area (Å²) in [6.45, 7) is 6.45. The first-order valence-corrected chi connectivity index (χ1v) is 11.0. The number of carbonyl (C=O) groups excluding carboxylic acids is 3. The van der Waals surface area contributed by atoms with Crippen molar-refractivity contribution in [2.24, 2.45) is 0 Å². The molecule has 2 aromatic carbocycles. The van der Waals surface area contributed by atoms with Crippen LogP contribution in [-0.4, -0.2) is 66.9 Å². The normalized spacial score (nSPS) is 13.6. The average Bonchev–Trinajstić information content (AvgIpc) is 2.82. The zero-order valence-corrected chi connectivity index (χ0v) is 18.8. The minimum Gasteiger partial charge on any atom is -0.493 e. The van der Waals surface area contributed by atoms with Gasteiger partial charge < -0.3 is 19.9 Å². The van der Waals surface area contributed by atoms with E-state index in [0.29, 0.717) is 51.2 Å². The molecule has 1 heterocycles. The predicted molar refractivity (Wildman–Crippen MR) is 123 cm³/mol. The number of piperazine rings is 1. The maximum atomic E-state index is 12.5. The minimum absolute atomic E-state index is 0.0443. The number of nitrogens with zero attached hydrogens (tertiary/aromatic N) is 2. The Morgan fingerprint density at radius 2 is 1.44 bits per heavy atom. The van der Waals surface area contributed by atoms with Crippen molar-refractivity contribution >= 4 is 17.7 Å². The van der Waals surface area contributed by atoms with E-state index in [2.05, 4.69) is 5.32 Å². The molecule has 0 bridgehead atoms. The quantitative estimate of drug-likeness (QED) is 0.644. The smallest absolute Gasteiger partial charge is 0.251 e. The molecule has 1 fully saturated rings. The third-order valence-electron chi connectivity index (χ3n) is 5.61. The van der Waals surface area contributed by atoms with Crippen LogP contribution in [-0.2, 0) is 9.59 Å². The first-order valence-electron chi connectivity index (χ1n) is 11.0. The Kier molecular flexibility index (Phi) is 8.25. The third-order valence-corrected chi connectivity index (χ3v) is 5.61. The van der Waals surface area contributed by atoms with E-state index in [-0.39, 0.29) is 24.3 Å². The Labute approximate surface area is 189 Å². The highest BCUT2D eigenvalue weighted by molar-refractivity contribution is 5.96. The summed E-state index contributed by atoms with van der Waals surface area (Å²) in [6.07, 6.45) is 1.07. The van der Waals surface area contributed by atoms with Crippen LogP contribution in [0.5, 0.6) is 5.75 Å².